The molecule has 0 fully saturated rings. The van der Waals surface area contributed by atoms with Gasteiger partial charge in [0.2, 0.25) is 0 Å². The van der Waals surface area contributed by atoms with Crippen LogP contribution in [0.15, 0.2) is 18.2 Å². The number of nitrogens with zero attached hydrogens (tertiary/aromatic N) is 1. The molecular formula is C12H15F3N2. The minimum Gasteiger partial charge on any atom is -0.383 e. The average molecular weight is 244 g/mol. The number of anilines is 2. The zero-order chi connectivity index (χ0) is 12.6. The zero-order valence-electron chi connectivity index (χ0n) is 9.80. The summed E-state index contributed by atoms with van der Waals surface area (Å²) in [5.41, 5.74) is 0.778. The molecule has 1 aromatic rings. The van der Waals surface area contributed by atoms with Gasteiger partial charge in [0, 0.05) is 20.1 Å². The van der Waals surface area contributed by atoms with Gasteiger partial charge in [0.15, 0.2) is 0 Å². The molecular weight excluding hydrogens is 229 g/mol. The minimum absolute atomic E-state index is 0.404. The molecule has 17 heavy (non-hydrogen) atoms. The topological polar surface area (TPSA) is 15.3 Å². The van der Waals surface area contributed by atoms with Crippen LogP contribution in [0.25, 0.3) is 0 Å². The highest BCUT2D eigenvalue weighted by molar-refractivity contribution is 5.71. The van der Waals surface area contributed by atoms with E-state index in [2.05, 4.69) is 12.2 Å². The second-order valence-electron chi connectivity index (χ2n) is 4.60. The molecule has 1 aliphatic heterocycles. The van der Waals surface area contributed by atoms with Crippen LogP contribution in [0.5, 0.6) is 0 Å². The third-order valence-corrected chi connectivity index (χ3v) is 2.96. The molecule has 1 aliphatic rings. The van der Waals surface area contributed by atoms with Crippen molar-refractivity contribution in [2.24, 2.45) is 5.92 Å². The molecule has 0 aliphatic carbocycles. The van der Waals surface area contributed by atoms with Gasteiger partial charge in [-0.25, -0.2) is 0 Å². The van der Waals surface area contributed by atoms with Gasteiger partial charge in [-0.15, -0.1) is 0 Å². The summed E-state index contributed by atoms with van der Waals surface area (Å²) in [6, 6.07) is 3.85. The Morgan fingerprint density at radius 1 is 1.35 bits per heavy atom. The van der Waals surface area contributed by atoms with E-state index >= 15 is 0 Å². The van der Waals surface area contributed by atoms with Crippen LogP contribution < -0.4 is 10.2 Å². The summed E-state index contributed by atoms with van der Waals surface area (Å²) in [6.45, 7) is 3.60. The Morgan fingerprint density at radius 2 is 2.06 bits per heavy atom. The summed E-state index contributed by atoms with van der Waals surface area (Å²) in [6.07, 6.45) is -4.28. The summed E-state index contributed by atoms with van der Waals surface area (Å²) in [5.74, 6) is 0.404. The van der Waals surface area contributed by atoms with Crippen molar-refractivity contribution >= 4 is 11.4 Å². The molecule has 1 heterocycles. The molecule has 5 heteroatoms. The van der Waals surface area contributed by atoms with E-state index in [9.17, 15) is 13.2 Å². The number of alkyl halides is 3. The van der Waals surface area contributed by atoms with E-state index in [4.69, 9.17) is 0 Å². The smallest absolute Gasteiger partial charge is 0.383 e. The van der Waals surface area contributed by atoms with E-state index in [1.807, 2.05) is 11.9 Å². The highest BCUT2D eigenvalue weighted by Crippen LogP contribution is 2.36. The van der Waals surface area contributed by atoms with Crippen molar-refractivity contribution in [1.82, 2.24) is 0 Å². The second-order valence-corrected chi connectivity index (χ2v) is 4.60. The first kappa shape index (κ1) is 12.1. The van der Waals surface area contributed by atoms with Gasteiger partial charge in [-0.2, -0.15) is 13.2 Å². The molecule has 94 valence electrons. The molecule has 2 nitrogen and oxygen atoms in total. The van der Waals surface area contributed by atoms with Crippen LogP contribution in [0.3, 0.4) is 0 Å². The maximum absolute atomic E-state index is 12.6. The molecule has 1 atom stereocenters. The van der Waals surface area contributed by atoms with Crippen LogP contribution in [0.4, 0.5) is 24.5 Å². The van der Waals surface area contributed by atoms with Gasteiger partial charge in [0.1, 0.15) is 0 Å². The molecule has 0 spiro atoms. The molecule has 1 N–H and O–H groups in total. The third-order valence-electron chi connectivity index (χ3n) is 2.96. The number of hydrogen-bond acceptors (Lipinski definition) is 2. The first-order chi connectivity index (χ1) is 7.88. The maximum atomic E-state index is 12.6. The molecule has 0 aromatic heterocycles. The Bertz CT molecular complexity index is 415. The highest BCUT2D eigenvalue weighted by atomic mass is 19.4. The Morgan fingerprint density at radius 3 is 2.71 bits per heavy atom. The lowest BCUT2D eigenvalue weighted by Gasteiger charge is -2.21. The molecule has 0 bridgehead atoms. The van der Waals surface area contributed by atoms with Crippen LogP contribution in [-0.2, 0) is 6.18 Å². The highest BCUT2D eigenvalue weighted by Gasteiger charge is 2.31. The van der Waals surface area contributed by atoms with Crippen molar-refractivity contribution in [3.63, 3.8) is 0 Å². The Balaban J connectivity index is 2.39. The van der Waals surface area contributed by atoms with Gasteiger partial charge in [-0.1, -0.05) is 6.92 Å². The van der Waals surface area contributed by atoms with Crippen molar-refractivity contribution in [3.05, 3.63) is 23.8 Å². The summed E-state index contributed by atoms with van der Waals surface area (Å²) < 4.78 is 37.8. The van der Waals surface area contributed by atoms with E-state index in [0.717, 1.165) is 18.3 Å². The fraction of sp³-hybridized carbons (Fsp3) is 0.500. The quantitative estimate of drug-likeness (QED) is 0.754. The third kappa shape index (κ3) is 2.48. The fourth-order valence-corrected chi connectivity index (χ4v) is 2.10. The predicted octanol–water partition coefficient (Wildman–Crippen LogP) is 3.20. The number of nitrogens with one attached hydrogen (secondary N) is 1. The first-order valence-electron chi connectivity index (χ1n) is 5.54. The monoisotopic (exact) mass is 244 g/mol. The molecule has 2 rings (SSSR count). The first-order valence-corrected chi connectivity index (χ1v) is 5.54. The predicted molar refractivity (Wildman–Crippen MR) is 62.4 cm³/mol. The van der Waals surface area contributed by atoms with Gasteiger partial charge in [-0.05, 0) is 24.1 Å². The van der Waals surface area contributed by atoms with E-state index in [0.29, 0.717) is 18.2 Å². The lowest BCUT2D eigenvalue weighted by Crippen LogP contribution is -2.23. The van der Waals surface area contributed by atoms with E-state index in [1.165, 1.54) is 12.1 Å². The Kier molecular flexibility index (Phi) is 2.93. The minimum atomic E-state index is -4.28. The van der Waals surface area contributed by atoms with Gasteiger partial charge >= 0.3 is 6.18 Å². The van der Waals surface area contributed by atoms with Crippen molar-refractivity contribution in [1.29, 1.82) is 0 Å². The Hall–Kier alpha value is -1.39. The van der Waals surface area contributed by atoms with Crippen molar-refractivity contribution < 1.29 is 13.2 Å². The molecule has 0 saturated heterocycles. The number of fused-ring (bicyclic) bond motifs is 1. The van der Waals surface area contributed by atoms with E-state index in [-0.39, 0.29) is 0 Å². The largest absolute Gasteiger partial charge is 0.416 e. The van der Waals surface area contributed by atoms with Crippen LogP contribution in [0, 0.1) is 5.92 Å². The van der Waals surface area contributed by atoms with Gasteiger partial charge in [0.05, 0.1) is 16.9 Å². The standard InChI is InChI=1S/C12H15F3N2/c1-8-6-16-10-5-9(12(13,14)15)3-4-11(10)17(2)7-8/h3-5,8,16H,6-7H2,1-2H3. The van der Waals surface area contributed by atoms with Gasteiger partial charge in [0.25, 0.3) is 0 Å². The van der Waals surface area contributed by atoms with Gasteiger partial charge in [-0.3, -0.25) is 0 Å². The zero-order valence-corrected chi connectivity index (χ0v) is 9.80. The number of benzene rings is 1. The normalized spacial score (nSPS) is 20.5. The van der Waals surface area contributed by atoms with Crippen LogP contribution in [-0.4, -0.2) is 20.1 Å². The molecule has 1 aromatic carbocycles. The molecule has 1 unspecified atom stereocenters. The second kappa shape index (κ2) is 4.13. The molecule has 0 radical (unpaired) electrons. The van der Waals surface area contributed by atoms with Crippen LogP contribution >= 0.6 is 0 Å². The number of halogens is 3. The van der Waals surface area contributed by atoms with Crippen LogP contribution in [0.1, 0.15) is 12.5 Å². The van der Waals surface area contributed by atoms with Crippen LogP contribution in [0.2, 0.25) is 0 Å². The van der Waals surface area contributed by atoms with E-state index in [1.54, 1.807) is 0 Å². The maximum Gasteiger partial charge on any atom is 0.416 e. The summed E-state index contributed by atoms with van der Waals surface area (Å²) in [4.78, 5) is 1.99. The fourth-order valence-electron chi connectivity index (χ4n) is 2.10. The van der Waals surface area contributed by atoms with Crippen molar-refractivity contribution in [2.75, 3.05) is 30.4 Å². The van der Waals surface area contributed by atoms with Crippen molar-refractivity contribution in [3.8, 4) is 0 Å². The summed E-state index contributed by atoms with van der Waals surface area (Å²) in [7, 11) is 1.90. The SMILES string of the molecule is CC1CNc2cc(C(F)(F)F)ccc2N(C)C1. The number of hydrogen-bond donors (Lipinski definition) is 1. The summed E-state index contributed by atoms with van der Waals surface area (Å²) >= 11 is 0. The number of rotatable bonds is 0. The van der Waals surface area contributed by atoms with E-state index < -0.39 is 11.7 Å². The summed E-state index contributed by atoms with van der Waals surface area (Å²) in [5, 5.41) is 3.08. The molecule has 0 saturated carbocycles. The van der Waals surface area contributed by atoms with Gasteiger partial charge < -0.3 is 10.2 Å². The van der Waals surface area contributed by atoms with Crippen molar-refractivity contribution in [2.45, 2.75) is 13.1 Å². The lowest BCUT2D eigenvalue weighted by atomic mass is 10.1. The average Bonchev–Trinajstić information content (AvgIpc) is 2.37. The Labute approximate surface area is 98.4 Å². The molecule has 0 amide bonds. The lowest BCUT2D eigenvalue weighted by molar-refractivity contribution is -0.137.